The molecular formula is C27H35N3O6S. The van der Waals surface area contributed by atoms with E-state index in [4.69, 9.17) is 14.2 Å². The fraction of sp³-hybridized carbons (Fsp3) is 0.519. The summed E-state index contributed by atoms with van der Waals surface area (Å²) in [6.07, 6.45) is 2.68. The molecular weight excluding hydrogens is 494 g/mol. The Balaban J connectivity index is 1.20. The van der Waals surface area contributed by atoms with Gasteiger partial charge in [0.2, 0.25) is 15.9 Å². The summed E-state index contributed by atoms with van der Waals surface area (Å²) in [7, 11) is -3.64. The molecule has 0 aliphatic carbocycles. The van der Waals surface area contributed by atoms with Crippen LogP contribution in [0.2, 0.25) is 0 Å². The van der Waals surface area contributed by atoms with Crippen LogP contribution in [0.4, 0.5) is 5.69 Å². The van der Waals surface area contributed by atoms with Crippen LogP contribution in [0.3, 0.4) is 0 Å². The lowest BCUT2D eigenvalue weighted by atomic mass is 9.85. The Morgan fingerprint density at radius 2 is 1.84 bits per heavy atom. The van der Waals surface area contributed by atoms with E-state index in [9.17, 15) is 13.2 Å². The summed E-state index contributed by atoms with van der Waals surface area (Å²) in [6.45, 7) is 4.20. The number of piperidine rings is 1. The number of rotatable bonds is 8. The fourth-order valence-corrected chi connectivity index (χ4v) is 6.82. The summed E-state index contributed by atoms with van der Waals surface area (Å²) in [5.41, 5.74) is 1.28. The van der Waals surface area contributed by atoms with E-state index in [0.29, 0.717) is 45.1 Å². The van der Waals surface area contributed by atoms with Crippen molar-refractivity contribution in [3.05, 3.63) is 60.2 Å². The van der Waals surface area contributed by atoms with E-state index in [-0.39, 0.29) is 29.1 Å². The number of carbonyl (C=O) groups is 1. The second kappa shape index (κ2) is 11.6. The number of morpholine rings is 1. The number of nitrogens with zero attached hydrogens (tertiary/aromatic N) is 2. The van der Waals surface area contributed by atoms with Gasteiger partial charge in [0.25, 0.3) is 0 Å². The highest BCUT2D eigenvalue weighted by atomic mass is 32.2. The zero-order valence-electron chi connectivity index (χ0n) is 21.0. The molecule has 3 fully saturated rings. The van der Waals surface area contributed by atoms with Crippen LogP contribution < -0.4 is 5.32 Å². The molecule has 10 heteroatoms. The lowest BCUT2D eigenvalue weighted by molar-refractivity contribution is -0.159. The van der Waals surface area contributed by atoms with Gasteiger partial charge in [0.15, 0.2) is 0 Å². The molecule has 2 aromatic carbocycles. The predicted octanol–water partition coefficient (Wildman–Crippen LogP) is 2.49. The number of hydrogen-bond acceptors (Lipinski definition) is 7. The third kappa shape index (κ3) is 6.22. The third-order valence-corrected chi connectivity index (χ3v) is 9.28. The van der Waals surface area contributed by atoms with Crippen LogP contribution in [0.5, 0.6) is 0 Å². The Kier molecular flexibility index (Phi) is 8.23. The lowest BCUT2D eigenvalue weighted by Crippen LogP contribution is -2.57. The first-order chi connectivity index (χ1) is 17.9. The number of nitrogens with one attached hydrogen (secondary N) is 1. The van der Waals surface area contributed by atoms with Gasteiger partial charge in [-0.3, -0.25) is 9.69 Å². The van der Waals surface area contributed by atoms with Crippen molar-refractivity contribution in [1.29, 1.82) is 0 Å². The van der Waals surface area contributed by atoms with Crippen LogP contribution >= 0.6 is 0 Å². The minimum Gasteiger partial charge on any atom is -0.379 e. The van der Waals surface area contributed by atoms with Crippen LogP contribution in [0, 0.1) is 0 Å². The first kappa shape index (κ1) is 26.3. The monoisotopic (exact) mass is 529 g/mol. The van der Waals surface area contributed by atoms with Gasteiger partial charge < -0.3 is 19.5 Å². The van der Waals surface area contributed by atoms with Crippen molar-refractivity contribution in [3.63, 3.8) is 0 Å². The Morgan fingerprint density at radius 3 is 2.59 bits per heavy atom. The van der Waals surface area contributed by atoms with Crippen molar-refractivity contribution in [2.24, 2.45) is 0 Å². The summed E-state index contributed by atoms with van der Waals surface area (Å²) in [5, 5.41) is 2.88. The van der Waals surface area contributed by atoms with Gasteiger partial charge in [0.1, 0.15) is 0 Å². The molecule has 37 heavy (non-hydrogen) atoms. The maximum absolute atomic E-state index is 13.0. The molecule has 3 aliphatic rings. The molecule has 0 bridgehead atoms. The third-order valence-electron chi connectivity index (χ3n) is 7.38. The van der Waals surface area contributed by atoms with E-state index in [1.165, 1.54) is 10.4 Å². The van der Waals surface area contributed by atoms with E-state index >= 15 is 0 Å². The minimum absolute atomic E-state index is 0.126. The molecule has 3 heterocycles. The van der Waals surface area contributed by atoms with Crippen LogP contribution in [-0.4, -0.2) is 87.8 Å². The molecule has 0 saturated carbocycles. The van der Waals surface area contributed by atoms with E-state index in [2.05, 4.69) is 10.2 Å². The van der Waals surface area contributed by atoms with Gasteiger partial charge in [-0.15, -0.1) is 0 Å². The molecule has 2 aromatic rings. The molecule has 9 nitrogen and oxygen atoms in total. The Bertz CT molecular complexity index is 1160. The van der Waals surface area contributed by atoms with E-state index < -0.39 is 10.0 Å². The highest BCUT2D eigenvalue weighted by Gasteiger charge is 2.47. The summed E-state index contributed by atoms with van der Waals surface area (Å²) in [4.78, 5) is 15.2. The average molecular weight is 530 g/mol. The predicted molar refractivity (Wildman–Crippen MR) is 139 cm³/mol. The van der Waals surface area contributed by atoms with Gasteiger partial charge in [-0.1, -0.05) is 36.4 Å². The summed E-state index contributed by atoms with van der Waals surface area (Å²) in [6, 6.07) is 16.5. The maximum Gasteiger partial charge on any atom is 0.243 e. The van der Waals surface area contributed by atoms with Crippen molar-refractivity contribution in [2.75, 3.05) is 57.9 Å². The first-order valence-corrected chi connectivity index (χ1v) is 14.4. The minimum atomic E-state index is -3.64. The van der Waals surface area contributed by atoms with Gasteiger partial charge >= 0.3 is 0 Å². The quantitative estimate of drug-likeness (QED) is 0.561. The van der Waals surface area contributed by atoms with E-state index in [1.54, 1.807) is 18.2 Å². The number of anilines is 1. The van der Waals surface area contributed by atoms with Gasteiger partial charge in [-0.05, 0) is 43.0 Å². The van der Waals surface area contributed by atoms with Crippen LogP contribution in [0.1, 0.15) is 24.8 Å². The molecule has 5 rings (SSSR count). The van der Waals surface area contributed by atoms with Gasteiger partial charge in [-0.2, -0.15) is 4.31 Å². The summed E-state index contributed by atoms with van der Waals surface area (Å²) in [5.74, 6) is -0.189. The van der Waals surface area contributed by atoms with Gasteiger partial charge in [0.05, 0.1) is 43.0 Å². The SMILES string of the molecule is O=C(CN1CC[C@@]2(CCCO2)[C@H](OCc2ccccc2)C1)Nc1cccc(S(=O)(=O)N2CCOCC2)c1. The molecule has 3 aliphatic heterocycles. The first-order valence-electron chi connectivity index (χ1n) is 12.9. The number of ether oxygens (including phenoxy) is 3. The van der Waals surface area contributed by atoms with Gasteiger partial charge in [-0.25, -0.2) is 8.42 Å². The Labute approximate surface area is 218 Å². The Hall–Kier alpha value is -2.34. The van der Waals surface area contributed by atoms with Crippen LogP contribution in [0.15, 0.2) is 59.5 Å². The maximum atomic E-state index is 13.0. The van der Waals surface area contributed by atoms with Crippen LogP contribution in [0.25, 0.3) is 0 Å². The molecule has 0 radical (unpaired) electrons. The van der Waals surface area contributed by atoms with Crippen molar-refractivity contribution < 1.29 is 27.4 Å². The normalized spacial score (nSPS) is 25.4. The summed E-state index contributed by atoms with van der Waals surface area (Å²) >= 11 is 0. The molecule has 1 spiro atoms. The largest absolute Gasteiger partial charge is 0.379 e. The van der Waals surface area contributed by atoms with Gasteiger partial charge in [0, 0.05) is 38.5 Å². The standard InChI is InChI=1S/C27H35N3O6S/c31-26(28-23-8-4-9-24(18-23)37(32,33)30-13-16-34-17-14-30)20-29-12-11-27(10-5-15-36-27)25(19-29)35-21-22-6-2-1-3-7-22/h1-4,6-9,18,25H,5,10-17,19-21H2,(H,28,31)/t25-,27+/m1/s1. The van der Waals surface area contributed by atoms with Crippen molar-refractivity contribution in [1.82, 2.24) is 9.21 Å². The highest BCUT2D eigenvalue weighted by Crippen LogP contribution is 2.38. The smallest absolute Gasteiger partial charge is 0.243 e. The second-order valence-corrected chi connectivity index (χ2v) is 11.8. The molecule has 1 amide bonds. The second-order valence-electron chi connectivity index (χ2n) is 9.88. The number of hydrogen-bond donors (Lipinski definition) is 1. The molecule has 1 N–H and O–H groups in total. The van der Waals surface area contributed by atoms with Crippen LogP contribution in [-0.2, 0) is 35.6 Å². The number of carbonyl (C=O) groups excluding carboxylic acids is 1. The van der Waals surface area contributed by atoms with E-state index in [0.717, 1.165) is 38.0 Å². The van der Waals surface area contributed by atoms with Crippen molar-refractivity contribution in [2.45, 2.75) is 42.5 Å². The fourth-order valence-electron chi connectivity index (χ4n) is 5.36. The summed E-state index contributed by atoms with van der Waals surface area (Å²) < 4.78 is 45.2. The van der Waals surface area contributed by atoms with E-state index in [1.807, 2.05) is 30.3 Å². The zero-order valence-corrected chi connectivity index (χ0v) is 21.8. The Morgan fingerprint density at radius 1 is 1.03 bits per heavy atom. The number of benzene rings is 2. The molecule has 2 atom stereocenters. The van der Waals surface area contributed by atoms with Crippen molar-refractivity contribution >= 4 is 21.6 Å². The zero-order chi connectivity index (χ0) is 25.7. The van der Waals surface area contributed by atoms with Crippen molar-refractivity contribution in [3.8, 4) is 0 Å². The molecule has 3 saturated heterocycles. The molecule has 0 aromatic heterocycles. The topological polar surface area (TPSA) is 97.4 Å². The lowest BCUT2D eigenvalue weighted by Gasteiger charge is -2.44. The number of likely N-dealkylation sites (tertiary alicyclic amines) is 1. The molecule has 0 unspecified atom stereocenters. The molecule has 200 valence electrons. The average Bonchev–Trinajstić information content (AvgIpc) is 3.39. The highest BCUT2D eigenvalue weighted by molar-refractivity contribution is 7.89. The number of sulfonamides is 1. The number of amides is 1.